The minimum Gasteiger partial charge on any atom is -0.494 e. The normalized spacial score (nSPS) is 24.5. The number of nitrogens with two attached hydrogens (primary N) is 1. The third-order valence-electron chi connectivity index (χ3n) is 3.95. The zero-order valence-corrected chi connectivity index (χ0v) is 11.1. The molecule has 2 aromatic carbocycles. The summed E-state index contributed by atoms with van der Waals surface area (Å²) in [6.07, 6.45) is 0.345. The van der Waals surface area contributed by atoms with Gasteiger partial charge in [0.25, 0.3) is 0 Å². The maximum atomic E-state index is 13.9. The molecule has 0 amide bonds. The monoisotopic (exact) mass is 273 g/mol. The van der Waals surface area contributed by atoms with Crippen LogP contribution in [0.3, 0.4) is 0 Å². The molecule has 0 bridgehead atoms. The Morgan fingerprint density at radius 2 is 2.05 bits per heavy atom. The van der Waals surface area contributed by atoms with Gasteiger partial charge in [-0.25, -0.2) is 4.39 Å². The molecular formula is C16H16FNO2. The Morgan fingerprint density at radius 3 is 2.75 bits per heavy atom. The molecule has 0 spiro atoms. The molecule has 2 atom stereocenters. The molecule has 104 valence electrons. The van der Waals surface area contributed by atoms with Crippen LogP contribution in [0.15, 0.2) is 42.5 Å². The first kappa shape index (κ1) is 13.1. The summed E-state index contributed by atoms with van der Waals surface area (Å²) in [6.45, 7) is 0. The van der Waals surface area contributed by atoms with Gasteiger partial charge in [-0.1, -0.05) is 30.3 Å². The second-order valence-electron chi connectivity index (χ2n) is 5.11. The second kappa shape index (κ2) is 4.58. The number of methoxy groups -OCH3 is 1. The molecule has 3 rings (SSSR count). The summed E-state index contributed by atoms with van der Waals surface area (Å²) in [4.78, 5) is 0. The smallest absolute Gasteiger partial charge is 0.165 e. The fraction of sp³-hybridized carbons (Fsp3) is 0.250. The highest BCUT2D eigenvalue weighted by atomic mass is 19.1. The Morgan fingerprint density at radius 1 is 1.30 bits per heavy atom. The van der Waals surface area contributed by atoms with E-state index in [0.717, 1.165) is 11.1 Å². The van der Waals surface area contributed by atoms with Crippen molar-refractivity contribution in [2.75, 3.05) is 7.11 Å². The maximum absolute atomic E-state index is 13.9. The highest BCUT2D eigenvalue weighted by Crippen LogP contribution is 2.46. The van der Waals surface area contributed by atoms with Gasteiger partial charge in [-0.3, -0.25) is 0 Å². The van der Waals surface area contributed by atoms with Gasteiger partial charge < -0.3 is 15.6 Å². The Kier molecular flexibility index (Phi) is 3.00. The van der Waals surface area contributed by atoms with Gasteiger partial charge in [-0.2, -0.15) is 0 Å². The van der Waals surface area contributed by atoms with Crippen LogP contribution in [0, 0.1) is 5.82 Å². The first-order chi connectivity index (χ1) is 9.56. The topological polar surface area (TPSA) is 55.5 Å². The molecule has 3 N–H and O–H groups in total. The van der Waals surface area contributed by atoms with Gasteiger partial charge in [-0.15, -0.1) is 0 Å². The zero-order chi connectivity index (χ0) is 14.3. The van der Waals surface area contributed by atoms with Crippen LogP contribution in [0.5, 0.6) is 5.75 Å². The van der Waals surface area contributed by atoms with Crippen molar-refractivity contribution in [1.29, 1.82) is 0 Å². The van der Waals surface area contributed by atoms with Crippen LogP contribution in [-0.2, 0) is 5.60 Å². The van der Waals surface area contributed by atoms with Crippen molar-refractivity contribution in [3.63, 3.8) is 0 Å². The van der Waals surface area contributed by atoms with E-state index in [4.69, 9.17) is 10.5 Å². The van der Waals surface area contributed by atoms with E-state index in [9.17, 15) is 9.50 Å². The van der Waals surface area contributed by atoms with Gasteiger partial charge in [0.15, 0.2) is 11.6 Å². The highest BCUT2D eigenvalue weighted by Gasteiger charge is 2.42. The summed E-state index contributed by atoms with van der Waals surface area (Å²) < 4.78 is 18.8. The first-order valence-corrected chi connectivity index (χ1v) is 6.47. The van der Waals surface area contributed by atoms with Crippen molar-refractivity contribution in [2.24, 2.45) is 5.73 Å². The van der Waals surface area contributed by atoms with Gasteiger partial charge in [0.1, 0.15) is 5.60 Å². The predicted molar refractivity (Wildman–Crippen MR) is 73.9 cm³/mol. The molecule has 0 saturated carbocycles. The van der Waals surface area contributed by atoms with Crippen LogP contribution >= 0.6 is 0 Å². The molecular weight excluding hydrogens is 257 g/mol. The number of benzene rings is 2. The van der Waals surface area contributed by atoms with Gasteiger partial charge in [0, 0.05) is 12.5 Å². The summed E-state index contributed by atoms with van der Waals surface area (Å²) in [7, 11) is 1.41. The van der Waals surface area contributed by atoms with Crippen LogP contribution in [0.1, 0.15) is 29.2 Å². The molecule has 1 aliphatic rings. The molecule has 0 aromatic heterocycles. The van der Waals surface area contributed by atoms with E-state index >= 15 is 0 Å². The molecule has 2 aromatic rings. The van der Waals surface area contributed by atoms with Crippen molar-refractivity contribution in [3.05, 3.63) is 65.0 Å². The number of ether oxygens (including phenoxy) is 1. The largest absolute Gasteiger partial charge is 0.494 e. The van der Waals surface area contributed by atoms with E-state index in [2.05, 4.69) is 0 Å². The lowest BCUT2D eigenvalue weighted by molar-refractivity contribution is 0.0772. The Bertz CT molecular complexity index is 659. The highest BCUT2D eigenvalue weighted by molar-refractivity contribution is 5.48. The molecule has 4 heteroatoms. The Hall–Kier alpha value is -1.91. The number of rotatable bonds is 2. The second-order valence-corrected chi connectivity index (χ2v) is 5.11. The molecule has 20 heavy (non-hydrogen) atoms. The van der Waals surface area contributed by atoms with Crippen LogP contribution in [0.4, 0.5) is 4.39 Å². The van der Waals surface area contributed by atoms with Crippen LogP contribution < -0.4 is 10.5 Å². The number of halogens is 1. The lowest BCUT2D eigenvalue weighted by Crippen LogP contribution is -2.25. The van der Waals surface area contributed by atoms with E-state index in [1.165, 1.54) is 19.2 Å². The maximum Gasteiger partial charge on any atom is 0.165 e. The van der Waals surface area contributed by atoms with Gasteiger partial charge >= 0.3 is 0 Å². The molecule has 1 aliphatic carbocycles. The van der Waals surface area contributed by atoms with Crippen LogP contribution in [-0.4, -0.2) is 12.2 Å². The third-order valence-corrected chi connectivity index (χ3v) is 3.95. The number of fused-ring (bicyclic) bond motifs is 1. The number of hydrogen-bond donors (Lipinski definition) is 2. The third kappa shape index (κ3) is 1.80. The molecule has 3 nitrogen and oxygen atoms in total. The van der Waals surface area contributed by atoms with Crippen LogP contribution in [0.2, 0.25) is 0 Å². The summed E-state index contributed by atoms with van der Waals surface area (Å²) in [6, 6.07) is 11.7. The molecule has 0 radical (unpaired) electrons. The minimum absolute atomic E-state index is 0.160. The summed E-state index contributed by atoms with van der Waals surface area (Å²) in [5.41, 5.74) is 6.98. The standard InChI is InChI=1S/C16H16FNO2/c1-20-15-7-6-10(8-13(15)17)16(19)9-14(18)11-4-2-3-5-12(11)16/h2-8,14,19H,9,18H2,1H3. The lowest BCUT2D eigenvalue weighted by atomic mass is 9.87. The first-order valence-electron chi connectivity index (χ1n) is 6.47. The van der Waals surface area contributed by atoms with Gasteiger partial charge in [-0.05, 0) is 28.8 Å². The van der Waals surface area contributed by atoms with Crippen molar-refractivity contribution >= 4 is 0 Å². The fourth-order valence-corrected chi connectivity index (χ4v) is 2.93. The average Bonchev–Trinajstić information content (AvgIpc) is 2.72. The molecule has 0 fully saturated rings. The lowest BCUT2D eigenvalue weighted by Gasteiger charge is -2.25. The Balaban J connectivity index is 2.12. The summed E-state index contributed by atoms with van der Waals surface area (Å²) in [5, 5.41) is 11.0. The Labute approximate surface area is 116 Å². The van der Waals surface area contributed by atoms with E-state index < -0.39 is 11.4 Å². The van der Waals surface area contributed by atoms with Crippen molar-refractivity contribution in [3.8, 4) is 5.75 Å². The predicted octanol–water partition coefficient (Wildman–Crippen LogP) is 2.47. The quantitative estimate of drug-likeness (QED) is 0.883. The van der Waals surface area contributed by atoms with Gasteiger partial charge in [0.05, 0.1) is 7.11 Å². The molecule has 0 aliphatic heterocycles. The van der Waals surface area contributed by atoms with Crippen molar-refractivity contribution in [2.45, 2.75) is 18.1 Å². The van der Waals surface area contributed by atoms with E-state index in [1.807, 2.05) is 24.3 Å². The number of hydrogen-bond acceptors (Lipinski definition) is 3. The minimum atomic E-state index is -1.25. The number of aliphatic hydroxyl groups is 1. The van der Waals surface area contributed by atoms with Crippen molar-refractivity contribution < 1.29 is 14.2 Å². The van der Waals surface area contributed by atoms with E-state index in [0.29, 0.717) is 12.0 Å². The fourth-order valence-electron chi connectivity index (χ4n) is 2.93. The molecule has 2 unspecified atom stereocenters. The molecule has 0 saturated heterocycles. The van der Waals surface area contributed by atoms with Crippen LogP contribution in [0.25, 0.3) is 0 Å². The van der Waals surface area contributed by atoms with E-state index in [1.54, 1.807) is 6.07 Å². The SMILES string of the molecule is COc1ccc(C2(O)CC(N)c3ccccc32)cc1F. The van der Waals surface area contributed by atoms with Crippen molar-refractivity contribution in [1.82, 2.24) is 0 Å². The zero-order valence-electron chi connectivity index (χ0n) is 11.1. The van der Waals surface area contributed by atoms with E-state index in [-0.39, 0.29) is 11.8 Å². The molecule has 0 heterocycles. The average molecular weight is 273 g/mol. The summed E-state index contributed by atoms with van der Waals surface area (Å²) >= 11 is 0. The summed E-state index contributed by atoms with van der Waals surface area (Å²) in [5.74, 6) is -0.329. The van der Waals surface area contributed by atoms with Gasteiger partial charge in [0.2, 0.25) is 0 Å².